The molecule has 0 aliphatic carbocycles. The third-order valence-electron chi connectivity index (χ3n) is 3.94. The predicted octanol–water partition coefficient (Wildman–Crippen LogP) is 1.71. The summed E-state index contributed by atoms with van der Waals surface area (Å²) in [4.78, 5) is 18.6. The summed E-state index contributed by atoms with van der Waals surface area (Å²) in [5, 5.41) is 12.1. The topological polar surface area (TPSA) is 69.0 Å². The van der Waals surface area contributed by atoms with Crippen LogP contribution in [0.4, 0.5) is 0 Å². The zero-order chi connectivity index (χ0) is 15.1. The van der Waals surface area contributed by atoms with Crippen molar-refractivity contribution in [1.82, 2.24) is 15.2 Å². The van der Waals surface area contributed by atoms with E-state index in [2.05, 4.69) is 23.3 Å². The Morgan fingerprint density at radius 3 is 3.14 bits per heavy atom. The Kier molecular flexibility index (Phi) is 5.70. The number of aromatic nitrogens is 1. The number of pyridine rings is 1. The van der Waals surface area contributed by atoms with Crippen molar-refractivity contribution in [3.05, 3.63) is 30.1 Å². The third kappa shape index (κ3) is 4.27. The fraction of sp³-hybridized carbons (Fsp3) is 0.562. The highest BCUT2D eigenvalue weighted by Crippen LogP contribution is 2.18. The molecule has 2 heterocycles. The van der Waals surface area contributed by atoms with Gasteiger partial charge in [0.25, 0.3) is 0 Å². The van der Waals surface area contributed by atoms with Gasteiger partial charge in [-0.05, 0) is 36.9 Å². The molecule has 1 saturated heterocycles. The maximum atomic E-state index is 12.8. The number of hydrogen-bond donors (Lipinski definition) is 1. The van der Waals surface area contributed by atoms with E-state index in [1.807, 2.05) is 12.1 Å². The van der Waals surface area contributed by atoms with E-state index < -0.39 is 0 Å². The fourth-order valence-electron chi connectivity index (χ4n) is 2.74. The number of piperidine rings is 1. The minimum atomic E-state index is -0.130. The largest absolute Gasteiger partial charge is 0.336 e. The molecular formula is C16H22N4O. The molecule has 1 fully saturated rings. The monoisotopic (exact) mass is 286 g/mol. The Morgan fingerprint density at radius 2 is 2.48 bits per heavy atom. The standard InChI is InChI=1S/C16H22N4O/c1-13-5-2-9-19-15(13)16(21)20(10-4-7-17)12-14-6-3-8-18-11-14/h3,6,8,11,13,15,19H,2,4-5,9-10,12H2,1H3. The summed E-state index contributed by atoms with van der Waals surface area (Å²) in [5.41, 5.74) is 0.993. The number of amides is 1. The molecule has 2 rings (SSSR count). The number of carbonyl (C=O) groups excluding carboxylic acids is 1. The highest BCUT2D eigenvalue weighted by molar-refractivity contribution is 5.82. The third-order valence-corrected chi connectivity index (χ3v) is 3.94. The number of rotatable bonds is 5. The lowest BCUT2D eigenvalue weighted by atomic mass is 9.91. The molecule has 0 bridgehead atoms. The summed E-state index contributed by atoms with van der Waals surface area (Å²) in [7, 11) is 0. The summed E-state index contributed by atoms with van der Waals surface area (Å²) < 4.78 is 0. The van der Waals surface area contributed by atoms with Crippen LogP contribution in [0.5, 0.6) is 0 Å². The smallest absolute Gasteiger partial charge is 0.240 e. The maximum absolute atomic E-state index is 12.8. The van der Waals surface area contributed by atoms with Crippen LogP contribution in [0.2, 0.25) is 0 Å². The lowest BCUT2D eigenvalue weighted by Gasteiger charge is -2.33. The Labute approximate surface area is 126 Å². The summed E-state index contributed by atoms with van der Waals surface area (Å²) in [6.45, 7) is 3.98. The van der Waals surface area contributed by atoms with E-state index in [0.717, 1.165) is 24.9 Å². The lowest BCUT2D eigenvalue weighted by molar-refractivity contribution is -0.135. The summed E-state index contributed by atoms with van der Waals surface area (Å²) >= 11 is 0. The van der Waals surface area contributed by atoms with Gasteiger partial charge < -0.3 is 10.2 Å². The van der Waals surface area contributed by atoms with Gasteiger partial charge >= 0.3 is 0 Å². The number of hydrogen-bond acceptors (Lipinski definition) is 4. The SMILES string of the molecule is CC1CCCNC1C(=O)N(CCC#N)Cc1cccnc1. The van der Waals surface area contributed by atoms with Crippen molar-refractivity contribution in [2.45, 2.75) is 38.8 Å². The molecule has 1 aliphatic heterocycles. The molecule has 2 atom stereocenters. The van der Waals surface area contributed by atoms with Crippen molar-refractivity contribution in [1.29, 1.82) is 5.26 Å². The van der Waals surface area contributed by atoms with Gasteiger partial charge in [-0.15, -0.1) is 0 Å². The van der Waals surface area contributed by atoms with Crippen LogP contribution in [0.1, 0.15) is 31.7 Å². The summed E-state index contributed by atoms with van der Waals surface area (Å²) in [6, 6.07) is 5.81. The van der Waals surface area contributed by atoms with Crippen molar-refractivity contribution < 1.29 is 4.79 Å². The highest BCUT2D eigenvalue weighted by atomic mass is 16.2. The lowest BCUT2D eigenvalue weighted by Crippen LogP contribution is -2.52. The quantitative estimate of drug-likeness (QED) is 0.894. The molecule has 1 aromatic rings. The predicted molar refractivity (Wildman–Crippen MR) is 80.1 cm³/mol. The average Bonchev–Trinajstić information content (AvgIpc) is 2.52. The van der Waals surface area contributed by atoms with Crippen molar-refractivity contribution >= 4 is 5.91 Å². The van der Waals surface area contributed by atoms with Gasteiger partial charge in [-0.1, -0.05) is 13.0 Å². The highest BCUT2D eigenvalue weighted by Gasteiger charge is 2.30. The molecule has 0 aromatic carbocycles. The van der Waals surface area contributed by atoms with Gasteiger partial charge in [0.15, 0.2) is 0 Å². The van der Waals surface area contributed by atoms with Crippen LogP contribution in [-0.2, 0) is 11.3 Å². The second-order valence-electron chi connectivity index (χ2n) is 5.58. The van der Waals surface area contributed by atoms with E-state index in [1.54, 1.807) is 17.3 Å². The van der Waals surface area contributed by atoms with Crippen molar-refractivity contribution in [3.8, 4) is 6.07 Å². The van der Waals surface area contributed by atoms with Gasteiger partial charge in [-0.25, -0.2) is 0 Å². The van der Waals surface area contributed by atoms with Crippen molar-refractivity contribution in [3.63, 3.8) is 0 Å². The van der Waals surface area contributed by atoms with E-state index in [-0.39, 0.29) is 11.9 Å². The zero-order valence-corrected chi connectivity index (χ0v) is 12.5. The summed E-state index contributed by atoms with van der Waals surface area (Å²) in [5.74, 6) is 0.436. The van der Waals surface area contributed by atoms with Gasteiger partial charge in [0.1, 0.15) is 0 Å². The van der Waals surface area contributed by atoms with Crippen molar-refractivity contribution in [2.24, 2.45) is 5.92 Å². The van der Waals surface area contributed by atoms with E-state index in [0.29, 0.717) is 25.4 Å². The van der Waals surface area contributed by atoms with E-state index in [1.165, 1.54) is 0 Å². The van der Waals surface area contributed by atoms with Crippen LogP contribution in [0, 0.1) is 17.2 Å². The zero-order valence-electron chi connectivity index (χ0n) is 12.5. The molecule has 0 saturated carbocycles. The number of nitrogens with one attached hydrogen (secondary N) is 1. The van der Waals surface area contributed by atoms with Gasteiger partial charge in [-0.2, -0.15) is 5.26 Å². The second-order valence-corrected chi connectivity index (χ2v) is 5.58. The minimum absolute atomic E-state index is 0.0984. The van der Waals surface area contributed by atoms with Crippen LogP contribution in [0.25, 0.3) is 0 Å². The minimum Gasteiger partial charge on any atom is -0.336 e. The average molecular weight is 286 g/mol. The van der Waals surface area contributed by atoms with Crippen LogP contribution in [0.3, 0.4) is 0 Å². The molecule has 1 amide bonds. The van der Waals surface area contributed by atoms with Crippen LogP contribution in [0.15, 0.2) is 24.5 Å². The number of nitriles is 1. The van der Waals surface area contributed by atoms with E-state index in [4.69, 9.17) is 5.26 Å². The molecule has 5 nitrogen and oxygen atoms in total. The Bertz CT molecular complexity index is 497. The molecule has 1 aromatic heterocycles. The molecule has 1 N–H and O–H groups in total. The van der Waals surface area contributed by atoms with E-state index >= 15 is 0 Å². The Hall–Kier alpha value is -1.93. The van der Waals surface area contributed by atoms with Crippen molar-refractivity contribution in [2.75, 3.05) is 13.1 Å². The molecule has 112 valence electrons. The van der Waals surface area contributed by atoms with E-state index in [9.17, 15) is 4.79 Å². The first-order chi connectivity index (χ1) is 10.2. The second kappa shape index (κ2) is 7.75. The van der Waals surface area contributed by atoms with Gasteiger partial charge in [0.2, 0.25) is 5.91 Å². The normalized spacial score (nSPS) is 21.5. The molecule has 1 aliphatic rings. The molecule has 0 spiro atoms. The maximum Gasteiger partial charge on any atom is 0.240 e. The molecule has 0 radical (unpaired) electrons. The number of nitrogens with zero attached hydrogens (tertiary/aromatic N) is 3. The Balaban J connectivity index is 2.07. The fourth-order valence-corrected chi connectivity index (χ4v) is 2.74. The van der Waals surface area contributed by atoms with Gasteiger partial charge in [0, 0.05) is 25.5 Å². The first-order valence-electron chi connectivity index (χ1n) is 7.50. The molecule has 2 unspecified atom stereocenters. The molecular weight excluding hydrogens is 264 g/mol. The van der Waals surface area contributed by atoms with Gasteiger partial charge in [-0.3, -0.25) is 9.78 Å². The first-order valence-corrected chi connectivity index (χ1v) is 7.50. The molecule has 5 heteroatoms. The molecule has 21 heavy (non-hydrogen) atoms. The summed E-state index contributed by atoms with van der Waals surface area (Å²) in [6.07, 6.45) is 6.03. The van der Waals surface area contributed by atoms with Crippen LogP contribution < -0.4 is 5.32 Å². The Morgan fingerprint density at radius 1 is 1.62 bits per heavy atom. The van der Waals surface area contributed by atoms with Crippen LogP contribution >= 0.6 is 0 Å². The number of carbonyl (C=O) groups is 1. The first kappa shape index (κ1) is 15.5. The van der Waals surface area contributed by atoms with Gasteiger partial charge in [0.05, 0.1) is 18.5 Å². The van der Waals surface area contributed by atoms with Crippen LogP contribution in [-0.4, -0.2) is 34.9 Å².